The van der Waals surface area contributed by atoms with E-state index in [-0.39, 0.29) is 11.9 Å². The lowest BCUT2D eigenvalue weighted by Gasteiger charge is -2.40. The van der Waals surface area contributed by atoms with Crippen molar-refractivity contribution in [2.75, 3.05) is 51.4 Å². The lowest BCUT2D eigenvalue weighted by atomic mass is 10.0. The standard InChI is InChI=1S/C23H29FN6O2/c1-3-32-19-10-8-18(9-11-19)22(23-25-26-27-30(23)16-17-31-2)29-14-12-28(13-15-29)21-7-5-4-6-20(21)24/h4-11,22H,3,12-17H2,1-2H3/t22-/m1/s1. The monoisotopic (exact) mass is 440 g/mol. The van der Waals surface area contributed by atoms with Gasteiger partial charge in [0.05, 0.1) is 31.5 Å². The van der Waals surface area contributed by atoms with Crippen LogP contribution in [-0.2, 0) is 11.3 Å². The Hall–Kier alpha value is -3.04. The molecule has 1 fully saturated rings. The van der Waals surface area contributed by atoms with Crippen molar-refractivity contribution in [2.24, 2.45) is 0 Å². The van der Waals surface area contributed by atoms with Gasteiger partial charge in [-0.05, 0) is 47.2 Å². The number of nitrogens with zero attached hydrogens (tertiary/aromatic N) is 6. The number of ether oxygens (including phenoxy) is 2. The van der Waals surface area contributed by atoms with Crippen molar-refractivity contribution in [3.05, 3.63) is 65.7 Å². The SMILES string of the molecule is CCOc1ccc([C@H](c2nnnn2CCOC)N2CCN(c3ccccc3F)CC2)cc1. The van der Waals surface area contributed by atoms with Crippen LogP contribution in [0.15, 0.2) is 48.5 Å². The predicted octanol–water partition coefficient (Wildman–Crippen LogP) is 2.77. The first-order chi connectivity index (χ1) is 15.7. The van der Waals surface area contributed by atoms with Gasteiger partial charge in [-0.1, -0.05) is 24.3 Å². The van der Waals surface area contributed by atoms with Crippen molar-refractivity contribution in [3.63, 3.8) is 0 Å². The van der Waals surface area contributed by atoms with Gasteiger partial charge in [0.15, 0.2) is 5.82 Å². The highest BCUT2D eigenvalue weighted by atomic mass is 19.1. The van der Waals surface area contributed by atoms with Crippen molar-refractivity contribution in [1.29, 1.82) is 0 Å². The number of anilines is 1. The zero-order chi connectivity index (χ0) is 22.3. The van der Waals surface area contributed by atoms with E-state index in [1.807, 2.05) is 31.2 Å². The van der Waals surface area contributed by atoms with Gasteiger partial charge in [-0.2, -0.15) is 0 Å². The van der Waals surface area contributed by atoms with Gasteiger partial charge in [0, 0.05) is 33.3 Å². The molecular weight excluding hydrogens is 411 g/mol. The Kier molecular flexibility index (Phi) is 7.28. The van der Waals surface area contributed by atoms with Gasteiger partial charge in [-0.15, -0.1) is 5.10 Å². The molecule has 1 aliphatic heterocycles. The van der Waals surface area contributed by atoms with E-state index in [9.17, 15) is 4.39 Å². The van der Waals surface area contributed by atoms with Crippen molar-refractivity contribution in [3.8, 4) is 5.75 Å². The molecule has 1 saturated heterocycles. The first-order valence-corrected chi connectivity index (χ1v) is 10.9. The Morgan fingerprint density at radius 3 is 2.47 bits per heavy atom. The quantitative estimate of drug-likeness (QED) is 0.507. The van der Waals surface area contributed by atoms with Gasteiger partial charge in [0.1, 0.15) is 11.6 Å². The highest BCUT2D eigenvalue weighted by Crippen LogP contribution is 2.30. The van der Waals surface area contributed by atoms with E-state index in [0.717, 1.165) is 30.2 Å². The third-order valence-corrected chi connectivity index (χ3v) is 5.69. The van der Waals surface area contributed by atoms with E-state index in [2.05, 4.69) is 37.5 Å². The Balaban J connectivity index is 1.59. The van der Waals surface area contributed by atoms with Crippen LogP contribution in [0.5, 0.6) is 5.75 Å². The second kappa shape index (κ2) is 10.5. The molecule has 9 heteroatoms. The molecule has 170 valence electrons. The number of rotatable bonds is 9. The molecule has 3 aromatic rings. The van der Waals surface area contributed by atoms with Gasteiger partial charge in [0.25, 0.3) is 0 Å². The Morgan fingerprint density at radius 1 is 1.03 bits per heavy atom. The third kappa shape index (κ3) is 4.89. The second-order valence-electron chi connectivity index (χ2n) is 7.63. The van der Waals surface area contributed by atoms with Crippen molar-refractivity contribution >= 4 is 5.69 Å². The third-order valence-electron chi connectivity index (χ3n) is 5.69. The Bertz CT molecular complexity index is 988. The Morgan fingerprint density at radius 2 is 1.78 bits per heavy atom. The summed E-state index contributed by atoms with van der Waals surface area (Å²) in [5.74, 6) is 1.41. The summed E-state index contributed by atoms with van der Waals surface area (Å²) in [4.78, 5) is 4.44. The van der Waals surface area contributed by atoms with E-state index in [0.29, 0.717) is 38.5 Å². The lowest BCUT2D eigenvalue weighted by molar-refractivity contribution is 0.171. The molecule has 0 unspecified atom stereocenters. The highest BCUT2D eigenvalue weighted by Gasteiger charge is 2.31. The molecule has 0 saturated carbocycles. The molecule has 32 heavy (non-hydrogen) atoms. The molecule has 0 bridgehead atoms. The van der Waals surface area contributed by atoms with Gasteiger partial charge >= 0.3 is 0 Å². The summed E-state index contributed by atoms with van der Waals surface area (Å²) >= 11 is 0. The number of piperazine rings is 1. The van der Waals surface area contributed by atoms with Gasteiger partial charge in [-0.3, -0.25) is 4.90 Å². The molecule has 0 N–H and O–H groups in total. The van der Waals surface area contributed by atoms with Crippen LogP contribution in [0, 0.1) is 5.82 Å². The van der Waals surface area contributed by atoms with Crippen LogP contribution >= 0.6 is 0 Å². The number of hydrogen-bond acceptors (Lipinski definition) is 7. The number of benzene rings is 2. The van der Waals surface area contributed by atoms with Crippen LogP contribution in [0.4, 0.5) is 10.1 Å². The molecule has 0 amide bonds. The summed E-state index contributed by atoms with van der Waals surface area (Å²) in [6, 6.07) is 14.9. The fourth-order valence-corrected chi connectivity index (χ4v) is 4.11. The minimum Gasteiger partial charge on any atom is -0.494 e. The summed E-state index contributed by atoms with van der Waals surface area (Å²) in [6.07, 6.45) is 0. The first-order valence-electron chi connectivity index (χ1n) is 10.9. The summed E-state index contributed by atoms with van der Waals surface area (Å²) < 4.78 is 26.9. The minimum atomic E-state index is -0.187. The highest BCUT2D eigenvalue weighted by molar-refractivity contribution is 5.48. The van der Waals surface area contributed by atoms with Gasteiger partial charge < -0.3 is 14.4 Å². The smallest absolute Gasteiger partial charge is 0.173 e. The van der Waals surface area contributed by atoms with Gasteiger partial charge in [-0.25, -0.2) is 9.07 Å². The number of tetrazole rings is 1. The predicted molar refractivity (Wildman–Crippen MR) is 119 cm³/mol. The van der Waals surface area contributed by atoms with Crippen molar-refractivity contribution in [1.82, 2.24) is 25.1 Å². The molecule has 0 spiro atoms. The van der Waals surface area contributed by atoms with E-state index in [1.54, 1.807) is 17.9 Å². The molecule has 8 nitrogen and oxygen atoms in total. The van der Waals surface area contributed by atoms with E-state index in [4.69, 9.17) is 9.47 Å². The lowest BCUT2D eigenvalue weighted by Crippen LogP contribution is -2.48. The average molecular weight is 441 g/mol. The first kappa shape index (κ1) is 22.2. The molecule has 0 radical (unpaired) electrons. The zero-order valence-electron chi connectivity index (χ0n) is 18.5. The van der Waals surface area contributed by atoms with Crippen molar-refractivity contribution in [2.45, 2.75) is 19.5 Å². The van der Waals surface area contributed by atoms with Crippen LogP contribution < -0.4 is 9.64 Å². The second-order valence-corrected chi connectivity index (χ2v) is 7.63. The summed E-state index contributed by atoms with van der Waals surface area (Å²) in [6.45, 7) is 6.62. The van der Waals surface area contributed by atoms with E-state index < -0.39 is 0 Å². The summed E-state index contributed by atoms with van der Waals surface area (Å²) in [7, 11) is 1.66. The number of hydrogen-bond donors (Lipinski definition) is 0. The number of aromatic nitrogens is 4. The number of para-hydroxylation sites is 1. The topological polar surface area (TPSA) is 68.5 Å². The maximum atomic E-state index is 14.3. The van der Waals surface area contributed by atoms with Crippen LogP contribution in [-0.4, -0.2) is 71.6 Å². The number of halogens is 1. The fourth-order valence-electron chi connectivity index (χ4n) is 4.11. The molecule has 4 rings (SSSR count). The van der Waals surface area contributed by atoms with Crippen LogP contribution in [0.25, 0.3) is 0 Å². The molecular formula is C23H29FN6O2. The maximum absolute atomic E-state index is 14.3. The number of methoxy groups -OCH3 is 1. The molecule has 1 atom stereocenters. The fraction of sp³-hybridized carbons (Fsp3) is 0.435. The zero-order valence-corrected chi connectivity index (χ0v) is 18.5. The summed E-state index contributed by atoms with van der Waals surface area (Å²) in [5, 5.41) is 12.5. The summed E-state index contributed by atoms with van der Waals surface area (Å²) in [5.41, 5.74) is 1.73. The maximum Gasteiger partial charge on any atom is 0.173 e. The molecule has 1 aromatic heterocycles. The molecule has 2 aromatic carbocycles. The normalized spacial score (nSPS) is 15.7. The average Bonchev–Trinajstić information content (AvgIpc) is 3.28. The van der Waals surface area contributed by atoms with Crippen LogP contribution in [0.3, 0.4) is 0 Å². The molecule has 1 aliphatic rings. The minimum absolute atomic E-state index is 0.125. The Labute approximate surface area is 187 Å². The van der Waals surface area contributed by atoms with Crippen LogP contribution in [0.1, 0.15) is 24.4 Å². The van der Waals surface area contributed by atoms with E-state index >= 15 is 0 Å². The molecule has 2 heterocycles. The molecule has 0 aliphatic carbocycles. The van der Waals surface area contributed by atoms with Crippen molar-refractivity contribution < 1.29 is 13.9 Å². The van der Waals surface area contributed by atoms with E-state index in [1.165, 1.54) is 6.07 Å². The largest absolute Gasteiger partial charge is 0.494 e. The van der Waals surface area contributed by atoms with Crippen LogP contribution in [0.2, 0.25) is 0 Å². The van der Waals surface area contributed by atoms with Gasteiger partial charge in [0.2, 0.25) is 0 Å².